The third kappa shape index (κ3) is 4.99. The van der Waals surface area contributed by atoms with Gasteiger partial charge < -0.3 is 19.7 Å². The van der Waals surface area contributed by atoms with Crippen molar-refractivity contribution < 1.29 is 37.5 Å². The normalized spacial score (nSPS) is 31.8. The Morgan fingerprint density at radius 2 is 1.46 bits per heavy atom. The third-order valence-corrected chi connectivity index (χ3v) is 8.52. The second kappa shape index (κ2) is 10.8. The lowest BCUT2D eigenvalue weighted by molar-refractivity contribution is -0.0518. The molecule has 0 spiro atoms. The van der Waals surface area contributed by atoms with Crippen molar-refractivity contribution in [1.82, 2.24) is 39.0 Å². The zero-order valence-electron chi connectivity index (χ0n) is 22.2. The summed E-state index contributed by atoms with van der Waals surface area (Å²) in [5, 5.41) is 20.3. The molecule has 217 valence electrons. The van der Waals surface area contributed by atoms with Gasteiger partial charge in [-0.1, -0.05) is 0 Å². The van der Waals surface area contributed by atoms with E-state index >= 15 is 8.78 Å². The molecule has 0 aromatic carbocycles. The summed E-state index contributed by atoms with van der Waals surface area (Å²) >= 11 is 0. The van der Waals surface area contributed by atoms with Gasteiger partial charge in [-0.15, -0.1) is 0 Å². The van der Waals surface area contributed by atoms with Gasteiger partial charge in [0.15, 0.2) is 42.2 Å². The molecule has 2 aliphatic heterocycles. The SMILES string of the molecule is [B-][P+](C)(OC[C@H]1O[C@@H](n2cnc3c(C)ncnc32)[C@@H](F)C1O)OC1C(n2cnc3c(C)ncnc32)OC(CO)[C@@H]1F. The number of hydrogen-bond donors (Lipinski definition) is 2. The highest BCUT2D eigenvalue weighted by atomic mass is 31.2. The number of aliphatic hydroxyl groups excluding tert-OH is 2. The van der Waals surface area contributed by atoms with E-state index in [4.69, 9.17) is 26.1 Å². The molecule has 9 atom stereocenters. The molecule has 2 aliphatic rings. The van der Waals surface area contributed by atoms with Crippen molar-refractivity contribution in [2.75, 3.05) is 19.9 Å². The fourth-order valence-corrected chi connectivity index (χ4v) is 6.25. The van der Waals surface area contributed by atoms with Gasteiger partial charge in [0.25, 0.3) is 0 Å². The number of aliphatic hydroxyl groups is 2. The van der Waals surface area contributed by atoms with Crippen molar-refractivity contribution in [2.24, 2.45) is 0 Å². The number of imidazole rings is 2. The smallest absolute Gasteiger partial charge is 0.177 e. The van der Waals surface area contributed by atoms with Crippen molar-refractivity contribution in [3.63, 3.8) is 0 Å². The maximum atomic E-state index is 15.4. The second-order valence-corrected chi connectivity index (χ2v) is 12.3. The topological polar surface area (TPSA) is 165 Å². The summed E-state index contributed by atoms with van der Waals surface area (Å²) in [5.41, 5.74) is 2.94. The largest absolute Gasteiger partial charge is 0.394 e. The zero-order chi connectivity index (χ0) is 29.1. The van der Waals surface area contributed by atoms with Gasteiger partial charge in [-0.25, -0.2) is 46.3 Å². The molecule has 3 radical (unpaired) electrons. The average molecular weight is 591 g/mol. The summed E-state index contributed by atoms with van der Waals surface area (Å²) in [6, 6.07) is 0. The number of rotatable bonds is 8. The number of nitrogens with zero attached hydrogens (tertiary/aromatic N) is 8. The second-order valence-electron chi connectivity index (χ2n) is 10.0. The summed E-state index contributed by atoms with van der Waals surface area (Å²) in [6.45, 7) is 3.99. The van der Waals surface area contributed by atoms with Crippen molar-refractivity contribution in [3.8, 4) is 0 Å². The molecule has 4 aromatic rings. The van der Waals surface area contributed by atoms with Crippen molar-refractivity contribution in [1.29, 1.82) is 0 Å². The van der Waals surface area contributed by atoms with Crippen LogP contribution < -0.4 is 0 Å². The first-order chi connectivity index (χ1) is 19.6. The molecule has 41 heavy (non-hydrogen) atoms. The first kappa shape index (κ1) is 28.3. The van der Waals surface area contributed by atoms with E-state index in [0.29, 0.717) is 33.7 Å². The van der Waals surface area contributed by atoms with Crippen LogP contribution in [-0.4, -0.2) is 113 Å². The minimum absolute atomic E-state index is 0.349. The quantitative estimate of drug-likeness (QED) is 0.222. The van der Waals surface area contributed by atoms with Crippen LogP contribution in [0.2, 0.25) is 0 Å². The first-order valence-electron chi connectivity index (χ1n) is 12.7. The molecule has 2 fully saturated rings. The standard InChI is InChI=1S/C23H27BF2N8O6P/c1-10-16-20(29-6-27-10)33(8-31-16)22-15(26)18(36)13(39-22)5-37-41(3,24)40-19-14(25)12(4-35)38-23(19)34-9-32-17-11(2)28-7-30-21(17)34/h6-9,12-15,18-19,22-23,35-36H,4-5H2,1-3H3/t12?,13-,14+,15+,18?,19?,22-,23?,41?/m1/s1. The maximum absolute atomic E-state index is 15.4. The number of halogens is 2. The Bertz CT molecular complexity index is 1560. The monoisotopic (exact) mass is 591 g/mol. The van der Waals surface area contributed by atoms with E-state index in [0.717, 1.165) is 0 Å². The lowest BCUT2D eigenvalue weighted by Crippen LogP contribution is -2.34. The van der Waals surface area contributed by atoms with Crippen LogP contribution in [0.25, 0.3) is 22.3 Å². The van der Waals surface area contributed by atoms with Crippen LogP contribution >= 0.6 is 7.59 Å². The molecular weight excluding hydrogens is 564 g/mol. The van der Waals surface area contributed by atoms with E-state index in [1.807, 2.05) is 0 Å². The summed E-state index contributed by atoms with van der Waals surface area (Å²) in [4.78, 5) is 25.1. The number of aromatic nitrogens is 8. The average Bonchev–Trinajstić information content (AvgIpc) is 3.70. The van der Waals surface area contributed by atoms with Crippen molar-refractivity contribution >= 4 is 37.5 Å². The molecule has 0 amide bonds. The Morgan fingerprint density at radius 1 is 0.902 bits per heavy atom. The first-order valence-corrected chi connectivity index (χ1v) is 14.9. The highest BCUT2D eigenvalue weighted by Gasteiger charge is 2.51. The lowest BCUT2D eigenvalue weighted by atomic mass is 10.1. The molecular formula is C23H27BF2N8O6P. The van der Waals surface area contributed by atoms with E-state index in [1.165, 1.54) is 41.1 Å². The van der Waals surface area contributed by atoms with Crippen LogP contribution in [0.5, 0.6) is 0 Å². The molecule has 18 heteroatoms. The van der Waals surface area contributed by atoms with Crippen LogP contribution in [-0.2, 0) is 18.5 Å². The Hall–Kier alpha value is -2.79. The van der Waals surface area contributed by atoms with E-state index in [-0.39, 0.29) is 6.61 Å². The molecule has 0 aliphatic carbocycles. The minimum atomic E-state index is -3.32. The van der Waals surface area contributed by atoms with Gasteiger partial charge in [0, 0.05) is 7.59 Å². The lowest BCUT2D eigenvalue weighted by Gasteiger charge is -2.34. The van der Waals surface area contributed by atoms with Crippen LogP contribution in [0.15, 0.2) is 25.3 Å². The molecule has 0 saturated carbocycles. The summed E-state index contributed by atoms with van der Waals surface area (Å²) in [6.07, 6.45) is -5.63. The van der Waals surface area contributed by atoms with Crippen LogP contribution in [0, 0.1) is 13.8 Å². The van der Waals surface area contributed by atoms with Crippen molar-refractivity contribution in [2.45, 2.75) is 63.1 Å². The van der Waals surface area contributed by atoms with Gasteiger partial charge in [0.2, 0.25) is 0 Å². The van der Waals surface area contributed by atoms with Gasteiger partial charge in [0.1, 0.15) is 48.6 Å². The van der Waals surface area contributed by atoms with Crippen LogP contribution in [0.3, 0.4) is 0 Å². The Balaban J connectivity index is 1.17. The number of hydrogen-bond acceptors (Lipinski definition) is 12. The minimum Gasteiger partial charge on any atom is -0.394 e. The van der Waals surface area contributed by atoms with Gasteiger partial charge in [0.05, 0.1) is 37.3 Å². The molecule has 2 saturated heterocycles. The highest BCUT2D eigenvalue weighted by molar-refractivity contribution is 7.89. The summed E-state index contributed by atoms with van der Waals surface area (Å²) in [5.74, 6) is 0. The Kier molecular flexibility index (Phi) is 7.47. The number of fused-ring (bicyclic) bond motifs is 2. The zero-order valence-corrected chi connectivity index (χ0v) is 23.1. The van der Waals surface area contributed by atoms with E-state index in [2.05, 4.69) is 29.9 Å². The predicted octanol–water partition coefficient (Wildman–Crippen LogP) is 1.07. The summed E-state index contributed by atoms with van der Waals surface area (Å²) < 4.78 is 56.8. The predicted molar refractivity (Wildman–Crippen MR) is 140 cm³/mol. The fraction of sp³-hybridized carbons (Fsp3) is 0.565. The Morgan fingerprint density at radius 3 is 2.05 bits per heavy atom. The highest BCUT2D eigenvalue weighted by Crippen LogP contribution is 2.57. The van der Waals surface area contributed by atoms with Gasteiger partial charge in [-0.3, -0.25) is 18.2 Å². The van der Waals surface area contributed by atoms with Gasteiger partial charge in [-0.05, 0) is 13.8 Å². The molecule has 6 rings (SSSR count). The third-order valence-electron chi connectivity index (χ3n) is 7.20. The molecule has 6 heterocycles. The fourth-order valence-electron chi connectivity index (χ4n) is 5.05. The van der Waals surface area contributed by atoms with Crippen LogP contribution in [0.1, 0.15) is 23.8 Å². The molecule has 0 bridgehead atoms. The van der Waals surface area contributed by atoms with Gasteiger partial charge >= 0.3 is 0 Å². The van der Waals surface area contributed by atoms with E-state index in [1.54, 1.807) is 13.8 Å². The van der Waals surface area contributed by atoms with Gasteiger partial charge in [-0.2, -0.15) is 0 Å². The number of aryl methyl sites for hydroxylation is 2. The molecule has 5 unspecified atom stereocenters. The summed E-state index contributed by atoms with van der Waals surface area (Å²) in [7, 11) is 3.02. The molecule has 2 N–H and O–H groups in total. The number of ether oxygens (including phenoxy) is 2. The van der Waals surface area contributed by atoms with E-state index in [9.17, 15) is 10.2 Å². The van der Waals surface area contributed by atoms with Crippen molar-refractivity contribution in [3.05, 3.63) is 36.7 Å². The maximum Gasteiger partial charge on any atom is 0.177 e. The molecule has 4 aromatic heterocycles. The van der Waals surface area contributed by atoms with Crippen LogP contribution in [0.4, 0.5) is 8.78 Å². The molecule has 14 nitrogen and oxygen atoms in total. The Labute approximate surface area is 233 Å². The van der Waals surface area contributed by atoms with E-state index < -0.39 is 63.4 Å². The number of alkyl halides is 2.